The van der Waals surface area contributed by atoms with E-state index in [1.165, 1.54) is 12.8 Å². The second kappa shape index (κ2) is 7.84. The van der Waals surface area contributed by atoms with E-state index in [4.69, 9.17) is 0 Å². The number of carbonyl (C=O) groups excluding carboxylic acids is 1. The first-order chi connectivity index (χ1) is 11.8. The Labute approximate surface area is 142 Å². The minimum atomic E-state index is -0.423. The summed E-state index contributed by atoms with van der Waals surface area (Å²) in [6, 6.07) is 16.6. The molecule has 1 heterocycles. The molecule has 0 aromatic heterocycles. The molecule has 0 bridgehead atoms. The zero-order chi connectivity index (χ0) is 16.8. The van der Waals surface area contributed by atoms with E-state index >= 15 is 0 Å². The molecular formula is C19H23N3O2. The maximum Gasteiger partial charge on any atom is 0.319 e. The number of hydrogen-bond acceptors (Lipinski definition) is 3. The third-order valence-electron chi connectivity index (χ3n) is 4.27. The Morgan fingerprint density at radius 1 is 1.08 bits per heavy atom. The Morgan fingerprint density at radius 3 is 2.54 bits per heavy atom. The number of nitrogens with one attached hydrogen (secondary N) is 2. The lowest BCUT2D eigenvalue weighted by Gasteiger charge is -2.20. The fourth-order valence-electron chi connectivity index (χ4n) is 3.00. The second-order valence-corrected chi connectivity index (χ2v) is 5.99. The van der Waals surface area contributed by atoms with Gasteiger partial charge in [0.15, 0.2) is 0 Å². The maximum absolute atomic E-state index is 12.2. The highest BCUT2D eigenvalue weighted by molar-refractivity contribution is 5.90. The molecule has 0 unspecified atom stereocenters. The van der Waals surface area contributed by atoms with Crippen molar-refractivity contribution in [2.45, 2.75) is 18.9 Å². The molecule has 1 saturated heterocycles. The average molecular weight is 325 g/mol. The van der Waals surface area contributed by atoms with Gasteiger partial charge in [-0.05, 0) is 36.6 Å². The Morgan fingerprint density at radius 2 is 1.83 bits per heavy atom. The molecule has 126 valence electrons. The molecule has 1 atom stereocenters. The SMILES string of the molecule is O=C(Nc1cccc(N2CCCC2)c1)N[C@@H](CO)c1ccccc1. The summed E-state index contributed by atoms with van der Waals surface area (Å²) >= 11 is 0. The third-order valence-corrected chi connectivity index (χ3v) is 4.27. The summed E-state index contributed by atoms with van der Waals surface area (Å²) in [5.74, 6) is 0. The maximum atomic E-state index is 12.2. The summed E-state index contributed by atoms with van der Waals surface area (Å²) in [5, 5.41) is 15.2. The van der Waals surface area contributed by atoms with Crippen LogP contribution in [0.5, 0.6) is 0 Å². The van der Waals surface area contributed by atoms with Crippen LogP contribution in [-0.4, -0.2) is 30.8 Å². The van der Waals surface area contributed by atoms with Gasteiger partial charge in [0.05, 0.1) is 12.6 Å². The van der Waals surface area contributed by atoms with Crippen molar-refractivity contribution in [1.29, 1.82) is 0 Å². The molecule has 0 aliphatic carbocycles. The number of amides is 2. The van der Waals surface area contributed by atoms with Crippen LogP contribution in [-0.2, 0) is 0 Å². The topological polar surface area (TPSA) is 64.6 Å². The van der Waals surface area contributed by atoms with Gasteiger partial charge < -0.3 is 20.6 Å². The van der Waals surface area contributed by atoms with E-state index in [1.807, 2.05) is 48.5 Å². The number of benzene rings is 2. The smallest absolute Gasteiger partial charge is 0.319 e. The molecule has 5 nitrogen and oxygen atoms in total. The fraction of sp³-hybridized carbons (Fsp3) is 0.316. The Hall–Kier alpha value is -2.53. The van der Waals surface area contributed by atoms with E-state index in [9.17, 15) is 9.90 Å². The predicted molar refractivity (Wildman–Crippen MR) is 96.3 cm³/mol. The van der Waals surface area contributed by atoms with Crippen molar-refractivity contribution in [2.24, 2.45) is 0 Å². The summed E-state index contributed by atoms with van der Waals surface area (Å²) in [5.41, 5.74) is 2.76. The number of rotatable bonds is 5. The summed E-state index contributed by atoms with van der Waals surface area (Å²) in [7, 11) is 0. The molecule has 1 fully saturated rings. The van der Waals surface area contributed by atoms with Crippen molar-refractivity contribution in [3.05, 3.63) is 60.2 Å². The quantitative estimate of drug-likeness (QED) is 0.791. The van der Waals surface area contributed by atoms with E-state index in [1.54, 1.807) is 0 Å². The number of anilines is 2. The molecule has 2 aromatic carbocycles. The lowest BCUT2D eigenvalue weighted by molar-refractivity contribution is 0.225. The van der Waals surface area contributed by atoms with E-state index < -0.39 is 6.04 Å². The lowest BCUT2D eigenvalue weighted by Crippen LogP contribution is -2.34. The zero-order valence-electron chi connectivity index (χ0n) is 13.6. The molecular weight excluding hydrogens is 302 g/mol. The van der Waals surface area contributed by atoms with Crippen LogP contribution in [0.25, 0.3) is 0 Å². The highest BCUT2D eigenvalue weighted by atomic mass is 16.3. The summed E-state index contributed by atoms with van der Waals surface area (Å²) in [4.78, 5) is 14.6. The van der Waals surface area contributed by atoms with Gasteiger partial charge in [-0.3, -0.25) is 0 Å². The summed E-state index contributed by atoms with van der Waals surface area (Å²) in [6.07, 6.45) is 2.43. The first-order valence-corrected chi connectivity index (χ1v) is 8.34. The first kappa shape index (κ1) is 16.3. The molecule has 0 spiro atoms. The highest BCUT2D eigenvalue weighted by Gasteiger charge is 2.15. The summed E-state index contributed by atoms with van der Waals surface area (Å²) < 4.78 is 0. The zero-order valence-corrected chi connectivity index (χ0v) is 13.6. The minimum absolute atomic E-state index is 0.148. The third kappa shape index (κ3) is 4.06. The molecule has 1 aliphatic rings. The van der Waals surface area contributed by atoms with Crippen molar-refractivity contribution < 1.29 is 9.90 Å². The molecule has 1 aliphatic heterocycles. The lowest BCUT2D eigenvalue weighted by atomic mass is 10.1. The largest absolute Gasteiger partial charge is 0.394 e. The predicted octanol–water partition coefficient (Wildman–Crippen LogP) is 3.14. The van der Waals surface area contributed by atoms with Crippen molar-refractivity contribution in [2.75, 3.05) is 29.9 Å². The van der Waals surface area contributed by atoms with Crippen LogP contribution in [0.4, 0.5) is 16.2 Å². The van der Waals surface area contributed by atoms with Crippen LogP contribution >= 0.6 is 0 Å². The van der Waals surface area contributed by atoms with Gasteiger partial charge in [-0.15, -0.1) is 0 Å². The number of urea groups is 1. The van der Waals surface area contributed by atoms with Gasteiger partial charge in [0.25, 0.3) is 0 Å². The van der Waals surface area contributed by atoms with Crippen molar-refractivity contribution in [1.82, 2.24) is 5.32 Å². The molecule has 5 heteroatoms. The van der Waals surface area contributed by atoms with Crippen LogP contribution in [0.15, 0.2) is 54.6 Å². The van der Waals surface area contributed by atoms with E-state index in [2.05, 4.69) is 21.6 Å². The van der Waals surface area contributed by atoms with Crippen LogP contribution in [0.1, 0.15) is 24.4 Å². The van der Waals surface area contributed by atoms with Gasteiger partial charge in [0, 0.05) is 24.5 Å². The number of nitrogens with zero attached hydrogens (tertiary/aromatic N) is 1. The van der Waals surface area contributed by atoms with Crippen molar-refractivity contribution in [3.63, 3.8) is 0 Å². The fourth-order valence-corrected chi connectivity index (χ4v) is 3.00. The van der Waals surface area contributed by atoms with Crippen LogP contribution in [0, 0.1) is 0 Å². The molecule has 0 radical (unpaired) electrons. The molecule has 24 heavy (non-hydrogen) atoms. The number of carbonyl (C=O) groups is 1. The van der Waals surface area contributed by atoms with Crippen LogP contribution in [0.2, 0.25) is 0 Å². The number of aliphatic hydroxyl groups excluding tert-OH is 1. The molecule has 0 saturated carbocycles. The van der Waals surface area contributed by atoms with Gasteiger partial charge in [0.1, 0.15) is 0 Å². The van der Waals surface area contributed by atoms with Gasteiger partial charge in [-0.2, -0.15) is 0 Å². The molecule has 2 aromatic rings. The van der Waals surface area contributed by atoms with E-state index in [0.29, 0.717) is 0 Å². The second-order valence-electron chi connectivity index (χ2n) is 5.99. The first-order valence-electron chi connectivity index (χ1n) is 8.34. The normalized spacial score (nSPS) is 15.1. The Bertz CT molecular complexity index is 669. The Balaban J connectivity index is 1.63. The standard InChI is InChI=1S/C19H23N3O2/c23-14-18(15-7-2-1-3-8-15)21-19(24)20-16-9-6-10-17(13-16)22-11-4-5-12-22/h1-3,6-10,13,18,23H,4-5,11-12,14H2,(H2,20,21,24)/t18-/m0/s1. The van der Waals surface area contributed by atoms with Crippen molar-refractivity contribution >= 4 is 17.4 Å². The minimum Gasteiger partial charge on any atom is -0.394 e. The highest BCUT2D eigenvalue weighted by Crippen LogP contribution is 2.23. The monoisotopic (exact) mass is 325 g/mol. The van der Waals surface area contributed by atoms with E-state index in [0.717, 1.165) is 30.0 Å². The number of aliphatic hydroxyl groups is 1. The summed E-state index contributed by atoms with van der Waals surface area (Å²) in [6.45, 7) is 1.98. The van der Waals surface area contributed by atoms with Gasteiger partial charge in [0.2, 0.25) is 0 Å². The molecule has 2 amide bonds. The van der Waals surface area contributed by atoms with Gasteiger partial charge in [-0.1, -0.05) is 36.4 Å². The molecule has 3 rings (SSSR count). The Kier molecular flexibility index (Phi) is 5.33. The average Bonchev–Trinajstić information content (AvgIpc) is 3.15. The van der Waals surface area contributed by atoms with Gasteiger partial charge in [-0.25, -0.2) is 4.79 Å². The van der Waals surface area contributed by atoms with Crippen molar-refractivity contribution in [3.8, 4) is 0 Å². The number of hydrogen-bond donors (Lipinski definition) is 3. The van der Waals surface area contributed by atoms with Crippen LogP contribution < -0.4 is 15.5 Å². The molecule has 3 N–H and O–H groups in total. The van der Waals surface area contributed by atoms with Crippen LogP contribution in [0.3, 0.4) is 0 Å². The van der Waals surface area contributed by atoms with Gasteiger partial charge >= 0.3 is 6.03 Å². The van der Waals surface area contributed by atoms with E-state index in [-0.39, 0.29) is 12.6 Å².